The minimum atomic E-state index is -3.82. The zero-order valence-electron chi connectivity index (χ0n) is 11.1. The van der Waals surface area contributed by atoms with Gasteiger partial charge in [0.15, 0.2) is 0 Å². The first-order chi connectivity index (χ1) is 9.27. The monoisotopic (exact) mass is 360 g/mol. The lowest BCUT2D eigenvalue weighted by molar-refractivity contribution is 0.0819. The Bertz CT molecular complexity index is 634. The van der Waals surface area contributed by atoms with Gasteiger partial charge in [0.25, 0.3) is 5.91 Å². The number of nitrogens with one attached hydrogen (secondary N) is 1. The van der Waals surface area contributed by atoms with E-state index in [2.05, 4.69) is 21.2 Å². The summed E-state index contributed by atoms with van der Waals surface area (Å²) < 4.78 is 23.3. The van der Waals surface area contributed by atoms with Crippen molar-refractivity contribution >= 4 is 31.9 Å². The second kappa shape index (κ2) is 5.46. The van der Waals surface area contributed by atoms with Gasteiger partial charge in [-0.2, -0.15) is 0 Å². The Kier molecular flexibility index (Phi) is 4.22. The SMILES string of the molecule is CCC1(NC(=O)c2cc(S(N)(=O)=O)ccc2Br)CCC1. The molecular formula is C13H17BrN2O3S. The van der Waals surface area contributed by atoms with Gasteiger partial charge < -0.3 is 5.32 Å². The van der Waals surface area contributed by atoms with Gasteiger partial charge in [0, 0.05) is 10.0 Å². The first-order valence-electron chi connectivity index (χ1n) is 6.42. The summed E-state index contributed by atoms with van der Waals surface area (Å²) in [6, 6.07) is 4.19. The van der Waals surface area contributed by atoms with E-state index < -0.39 is 10.0 Å². The van der Waals surface area contributed by atoms with Crippen molar-refractivity contribution in [3.63, 3.8) is 0 Å². The van der Waals surface area contributed by atoms with Gasteiger partial charge in [0.2, 0.25) is 10.0 Å². The van der Waals surface area contributed by atoms with Crippen molar-refractivity contribution in [1.29, 1.82) is 0 Å². The molecule has 1 amide bonds. The van der Waals surface area contributed by atoms with Crippen LogP contribution in [-0.2, 0) is 10.0 Å². The molecule has 1 saturated carbocycles. The van der Waals surface area contributed by atoms with E-state index in [0.717, 1.165) is 25.7 Å². The molecule has 7 heteroatoms. The molecule has 1 aliphatic rings. The number of benzene rings is 1. The van der Waals surface area contributed by atoms with Crippen molar-refractivity contribution < 1.29 is 13.2 Å². The molecule has 1 aromatic rings. The molecule has 1 aromatic carbocycles. The molecule has 0 spiro atoms. The maximum Gasteiger partial charge on any atom is 0.252 e. The lowest BCUT2D eigenvalue weighted by atomic mass is 9.74. The van der Waals surface area contributed by atoms with Gasteiger partial charge in [0.05, 0.1) is 10.5 Å². The van der Waals surface area contributed by atoms with Crippen LogP contribution in [0.2, 0.25) is 0 Å². The number of nitrogens with two attached hydrogens (primary N) is 1. The van der Waals surface area contributed by atoms with Gasteiger partial charge in [-0.1, -0.05) is 6.92 Å². The lowest BCUT2D eigenvalue weighted by Gasteiger charge is -2.42. The van der Waals surface area contributed by atoms with E-state index in [9.17, 15) is 13.2 Å². The van der Waals surface area contributed by atoms with Crippen molar-refractivity contribution in [3.8, 4) is 0 Å². The average molecular weight is 361 g/mol. The molecule has 0 heterocycles. The fourth-order valence-electron chi connectivity index (χ4n) is 2.33. The molecule has 0 saturated heterocycles. The number of rotatable bonds is 4. The third-order valence-electron chi connectivity index (χ3n) is 3.88. The molecule has 1 fully saturated rings. The van der Waals surface area contributed by atoms with Gasteiger partial charge in [-0.3, -0.25) is 4.79 Å². The molecule has 110 valence electrons. The van der Waals surface area contributed by atoms with E-state index in [4.69, 9.17) is 5.14 Å². The fourth-order valence-corrected chi connectivity index (χ4v) is 3.30. The van der Waals surface area contributed by atoms with Crippen LogP contribution in [0.1, 0.15) is 43.0 Å². The summed E-state index contributed by atoms with van der Waals surface area (Å²) in [5, 5.41) is 8.10. The Hall–Kier alpha value is -0.920. The average Bonchev–Trinajstić information content (AvgIpc) is 2.32. The summed E-state index contributed by atoms with van der Waals surface area (Å²) in [6.07, 6.45) is 3.89. The highest BCUT2D eigenvalue weighted by Gasteiger charge is 2.36. The van der Waals surface area contributed by atoms with Crippen LogP contribution in [-0.4, -0.2) is 19.9 Å². The fraction of sp³-hybridized carbons (Fsp3) is 0.462. The molecule has 5 nitrogen and oxygen atoms in total. The molecule has 1 aliphatic carbocycles. The Morgan fingerprint density at radius 2 is 2.10 bits per heavy atom. The van der Waals surface area contributed by atoms with E-state index in [1.807, 2.05) is 6.92 Å². The van der Waals surface area contributed by atoms with Crippen LogP contribution in [0.25, 0.3) is 0 Å². The third kappa shape index (κ3) is 3.05. The van der Waals surface area contributed by atoms with Gasteiger partial charge in [-0.15, -0.1) is 0 Å². The Morgan fingerprint density at radius 1 is 1.45 bits per heavy atom. The van der Waals surface area contributed by atoms with Crippen LogP contribution in [0.15, 0.2) is 27.6 Å². The molecule has 3 N–H and O–H groups in total. The zero-order valence-corrected chi connectivity index (χ0v) is 13.6. The van der Waals surface area contributed by atoms with E-state index in [1.54, 1.807) is 0 Å². The van der Waals surface area contributed by atoms with E-state index in [-0.39, 0.29) is 21.9 Å². The summed E-state index contributed by atoms with van der Waals surface area (Å²) in [6.45, 7) is 2.04. The van der Waals surface area contributed by atoms with E-state index in [0.29, 0.717) is 4.47 Å². The lowest BCUT2D eigenvalue weighted by Crippen LogP contribution is -2.53. The number of halogens is 1. The second-order valence-corrected chi connectivity index (χ2v) is 7.54. The highest BCUT2D eigenvalue weighted by atomic mass is 79.9. The van der Waals surface area contributed by atoms with Gasteiger partial charge in [-0.05, 0) is 59.8 Å². The molecular weight excluding hydrogens is 344 g/mol. The quantitative estimate of drug-likeness (QED) is 0.861. The molecule has 20 heavy (non-hydrogen) atoms. The van der Waals surface area contributed by atoms with Crippen LogP contribution in [0.5, 0.6) is 0 Å². The largest absolute Gasteiger partial charge is 0.347 e. The van der Waals surface area contributed by atoms with Crippen LogP contribution < -0.4 is 10.5 Å². The highest BCUT2D eigenvalue weighted by molar-refractivity contribution is 9.10. The van der Waals surface area contributed by atoms with Crippen molar-refractivity contribution in [2.24, 2.45) is 5.14 Å². The van der Waals surface area contributed by atoms with Crippen molar-refractivity contribution in [3.05, 3.63) is 28.2 Å². The predicted molar refractivity (Wildman–Crippen MR) is 79.9 cm³/mol. The van der Waals surface area contributed by atoms with Crippen molar-refractivity contribution in [2.75, 3.05) is 0 Å². The second-order valence-electron chi connectivity index (χ2n) is 5.13. The van der Waals surface area contributed by atoms with Gasteiger partial charge in [0.1, 0.15) is 0 Å². The Balaban J connectivity index is 2.30. The van der Waals surface area contributed by atoms with E-state index >= 15 is 0 Å². The number of carbonyl (C=O) groups excluding carboxylic acids is 1. The predicted octanol–water partition coefficient (Wildman–Crippen LogP) is 2.16. The van der Waals surface area contributed by atoms with Crippen LogP contribution in [0.4, 0.5) is 0 Å². The van der Waals surface area contributed by atoms with Gasteiger partial charge in [-0.25, -0.2) is 13.6 Å². The normalized spacial score (nSPS) is 17.4. The Labute approximate surface area is 127 Å². The van der Waals surface area contributed by atoms with Crippen LogP contribution >= 0.6 is 15.9 Å². The number of sulfonamides is 1. The number of carbonyl (C=O) groups is 1. The molecule has 0 radical (unpaired) electrons. The number of primary sulfonamides is 1. The first kappa shape index (κ1) is 15.5. The summed E-state index contributed by atoms with van der Waals surface area (Å²) in [7, 11) is -3.82. The summed E-state index contributed by atoms with van der Waals surface area (Å²) in [5.41, 5.74) is 0.143. The maximum atomic E-state index is 12.3. The first-order valence-corrected chi connectivity index (χ1v) is 8.76. The summed E-state index contributed by atoms with van der Waals surface area (Å²) in [5.74, 6) is -0.274. The molecule has 0 aliphatic heterocycles. The molecule has 0 bridgehead atoms. The maximum absolute atomic E-state index is 12.3. The summed E-state index contributed by atoms with van der Waals surface area (Å²) >= 11 is 3.27. The van der Waals surface area contributed by atoms with Crippen molar-refractivity contribution in [2.45, 2.75) is 43.0 Å². The molecule has 0 aromatic heterocycles. The van der Waals surface area contributed by atoms with Crippen molar-refractivity contribution in [1.82, 2.24) is 5.32 Å². The van der Waals surface area contributed by atoms with Crippen LogP contribution in [0, 0.1) is 0 Å². The minimum Gasteiger partial charge on any atom is -0.347 e. The Morgan fingerprint density at radius 3 is 2.55 bits per heavy atom. The smallest absolute Gasteiger partial charge is 0.252 e. The zero-order chi connectivity index (χ0) is 15.0. The minimum absolute atomic E-state index is 0.0648. The molecule has 0 atom stereocenters. The highest BCUT2D eigenvalue weighted by Crippen LogP contribution is 2.35. The third-order valence-corrected chi connectivity index (χ3v) is 5.48. The van der Waals surface area contributed by atoms with Gasteiger partial charge >= 0.3 is 0 Å². The summed E-state index contributed by atoms with van der Waals surface area (Å²) in [4.78, 5) is 12.3. The van der Waals surface area contributed by atoms with E-state index in [1.165, 1.54) is 18.2 Å². The standard InChI is InChI=1S/C13H17BrN2O3S/c1-2-13(6-3-7-13)16-12(17)10-8-9(20(15,18)19)4-5-11(10)14/h4-5,8H,2-3,6-7H2,1H3,(H,16,17)(H2,15,18,19). The number of amides is 1. The topological polar surface area (TPSA) is 89.3 Å². The molecule has 2 rings (SSSR count). The number of hydrogen-bond donors (Lipinski definition) is 2. The van der Waals surface area contributed by atoms with Crippen LogP contribution in [0.3, 0.4) is 0 Å². The molecule has 0 unspecified atom stereocenters. The number of hydrogen-bond acceptors (Lipinski definition) is 3.